The smallest absolute Gasteiger partial charge is 0.337 e. The van der Waals surface area contributed by atoms with Gasteiger partial charge in [0.2, 0.25) is 0 Å². The zero-order chi connectivity index (χ0) is 9.97. The number of esters is 1. The lowest BCUT2D eigenvalue weighted by atomic mass is 10.2. The van der Waals surface area contributed by atoms with E-state index in [0.29, 0.717) is 18.7 Å². The Morgan fingerprint density at radius 3 is 3.29 bits per heavy atom. The van der Waals surface area contributed by atoms with Crippen molar-refractivity contribution in [2.24, 2.45) is 0 Å². The Morgan fingerprint density at radius 1 is 1.64 bits per heavy atom. The zero-order valence-electron chi connectivity index (χ0n) is 7.99. The second-order valence-electron chi connectivity index (χ2n) is 2.99. The van der Waals surface area contributed by atoms with Crippen LogP contribution in [0.15, 0.2) is 35.7 Å². The molecule has 1 N–H and O–H groups in total. The highest BCUT2D eigenvalue weighted by Crippen LogP contribution is 2.20. The number of carbonyl (C=O) groups excluding carboxylic acids is 1. The van der Waals surface area contributed by atoms with Crippen LogP contribution in [0, 0.1) is 0 Å². The van der Waals surface area contributed by atoms with Crippen LogP contribution in [0.4, 0.5) is 0 Å². The average molecular weight is 192 g/mol. The van der Waals surface area contributed by atoms with Gasteiger partial charge in [0.05, 0.1) is 17.9 Å². The van der Waals surface area contributed by atoms with E-state index in [4.69, 9.17) is 4.74 Å². The van der Waals surface area contributed by atoms with Crippen LogP contribution in [-0.2, 0) is 9.53 Å². The van der Waals surface area contributed by atoms with Gasteiger partial charge in [-0.25, -0.2) is 10.2 Å². The number of allylic oxidation sites excluding steroid dienone is 3. The monoisotopic (exact) mass is 192 g/mol. The van der Waals surface area contributed by atoms with Gasteiger partial charge in [0.15, 0.2) is 0 Å². The highest BCUT2D eigenvalue weighted by Gasteiger charge is 2.25. The Labute approximate surface area is 82.5 Å². The molecule has 0 radical (unpaired) electrons. The normalized spacial score (nSPS) is 18.8. The van der Waals surface area contributed by atoms with E-state index in [9.17, 15) is 4.79 Å². The maximum Gasteiger partial charge on any atom is 0.337 e. The minimum Gasteiger partial charge on any atom is -0.463 e. The first-order valence-corrected chi connectivity index (χ1v) is 4.61. The number of hydrogen-bond acceptors (Lipinski definition) is 4. The Bertz CT molecular complexity index is 342. The van der Waals surface area contributed by atoms with E-state index >= 15 is 0 Å². The molecule has 0 spiro atoms. The maximum absolute atomic E-state index is 11.5. The lowest BCUT2D eigenvalue weighted by molar-refractivity contribution is -0.138. The predicted molar refractivity (Wildman–Crippen MR) is 51.8 cm³/mol. The van der Waals surface area contributed by atoms with E-state index < -0.39 is 0 Å². The maximum atomic E-state index is 11.5. The fourth-order valence-electron chi connectivity index (χ4n) is 1.48. The number of fused-ring (bicyclic) bond motifs is 1. The predicted octanol–water partition coefficient (Wildman–Crippen LogP) is 0.707. The molecule has 0 saturated heterocycles. The fraction of sp³-hybridized carbons (Fsp3) is 0.300. The quantitative estimate of drug-likeness (QED) is 0.654. The van der Waals surface area contributed by atoms with Crippen molar-refractivity contribution in [3.8, 4) is 0 Å². The van der Waals surface area contributed by atoms with Crippen molar-refractivity contribution in [3.05, 3.63) is 35.7 Å². The van der Waals surface area contributed by atoms with Crippen LogP contribution in [0.3, 0.4) is 0 Å². The van der Waals surface area contributed by atoms with Gasteiger partial charge < -0.3 is 4.74 Å². The molecular formula is C10H12N2O2. The second-order valence-corrected chi connectivity index (χ2v) is 2.99. The summed E-state index contributed by atoms with van der Waals surface area (Å²) in [7, 11) is 0. The SMILES string of the molecule is CCOC(=O)C1=C2C=CC=CN2NC1. The second kappa shape index (κ2) is 3.67. The zero-order valence-corrected chi connectivity index (χ0v) is 7.99. The average Bonchev–Trinajstić information content (AvgIpc) is 2.61. The molecule has 74 valence electrons. The van der Waals surface area contributed by atoms with Gasteiger partial charge in [-0.15, -0.1) is 0 Å². The van der Waals surface area contributed by atoms with Crippen molar-refractivity contribution in [2.45, 2.75) is 6.92 Å². The molecule has 0 saturated carbocycles. The Kier molecular flexibility index (Phi) is 2.37. The fourth-order valence-corrected chi connectivity index (χ4v) is 1.48. The van der Waals surface area contributed by atoms with Crippen molar-refractivity contribution in [1.82, 2.24) is 10.4 Å². The molecule has 2 aliphatic heterocycles. The first kappa shape index (κ1) is 9.02. The van der Waals surface area contributed by atoms with Crippen molar-refractivity contribution >= 4 is 5.97 Å². The summed E-state index contributed by atoms with van der Waals surface area (Å²) in [6, 6.07) is 0. The van der Waals surface area contributed by atoms with E-state index in [-0.39, 0.29) is 5.97 Å². The molecular weight excluding hydrogens is 180 g/mol. The van der Waals surface area contributed by atoms with Gasteiger partial charge in [-0.2, -0.15) is 0 Å². The lowest BCUT2D eigenvalue weighted by Crippen LogP contribution is -2.26. The van der Waals surface area contributed by atoms with Gasteiger partial charge in [0.1, 0.15) is 0 Å². The van der Waals surface area contributed by atoms with Crippen LogP contribution in [0.1, 0.15) is 6.92 Å². The van der Waals surface area contributed by atoms with Crippen LogP contribution >= 0.6 is 0 Å². The number of nitrogens with one attached hydrogen (secondary N) is 1. The Balaban J connectivity index is 2.23. The number of nitrogens with zero attached hydrogens (tertiary/aromatic N) is 1. The van der Waals surface area contributed by atoms with Gasteiger partial charge in [-0.05, 0) is 19.1 Å². The molecule has 0 atom stereocenters. The molecule has 0 bridgehead atoms. The third-order valence-electron chi connectivity index (χ3n) is 2.12. The number of hydrogen-bond donors (Lipinski definition) is 1. The van der Waals surface area contributed by atoms with Crippen molar-refractivity contribution in [2.75, 3.05) is 13.2 Å². The highest BCUT2D eigenvalue weighted by atomic mass is 16.5. The third kappa shape index (κ3) is 1.44. The number of rotatable bonds is 2. The van der Waals surface area contributed by atoms with E-state index in [1.54, 1.807) is 6.92 Å². The summed E-state index contributed by atoms with van der Waals surface area (Å²) >= 11 is 0. The van der Waals surface area contributed by atoms with Crippen molar-refractivity contribution in [1.29, 1.82) is 0 Å². The molecule has 0 aromatic carbocycles. The van der Waals surface area contributed by atoms with Gasteiger partial charge >= 0.3 is 5.97 Å². The van der Waals surface area contributed by atoms with Gasteiger partial charge in [-0.3, -0.25) is 5.01 Å². The molecule has 2 heterocycles. The van der Waals surface area contributed by atoms with Crippen LogP contribution < -0.4 is 5.43 Å². The Morgan fingerprint density at radius 2 is 2.50 bits per heavy atom. The molecule has 0 unspecified atom stereocenters. The Hall–Kier alpha value is -1.55. The first-order valence-electron chi connectivity index (χ1n) is 4.61. The summed E-state index contributed by atoms with van der Waals surface area (Å²) in [6.45, 7) is 2.75. The number of carbonyl (C=O) groups is 1. The largest absolute Gasteiger partial charge is 0.463 e. The molecule has 0 aromatic heterocycles. The van der Waals surface area contributed by atoms with E-state index in [1.165, 1.54) is 0 Å². The molecule has 4 heteroatoms. The summed E-state index contributed by atoms with van der Waals surface area (Å²) in [6.07, 6.45) is 7.58. The van der Waals surface area contributed by atoms with E-state index in [0.717, 1.165) is 5.70 Å². The standard InChI is InChI=1S/C10H12N2O2/c1-2-14-10(13)8-7-11-12-6-4-3-5-9(8)12/h3-6,11H,2,7H2,1H3. The molecule has 14 heavy (non-hydrogen) atoms. The highest BCUT2D eigenvalue weighted by molar-refractivity contribution is 5.91. The van der Waals surface area contributed by atoms with Gasteiger partial charge in [0.25, 0.3) is 0 Å². The summed E-state index contributed by atoms with van der Waals surface area (Å²) < 4.78 is 4.95. The number of hydrazine groups is 1. The van der Waals surface area contributed by atoms with Crippen molar-refractivity contribution < 1.29 is 9.53 Å². The summed E-state index contributed by atoms with van der Waals surface area (Å²) in [5.41, 5.74) is 4.64. The first-order chi connectivity index (χ1) is 6.83. The van der Waals surface area contributed by atoms with Gasteiger partial charge in [0, 0.05) is 12.7 Å². The summed E-state index contributed by atoms with van der Waals surface area (Å²) in [5.74, 6) is -0.238. The number of ether oxygens (including phenoxy) is 1. The van der Waals surface area contributed by atoms with E-state index in [1.807, 2.05) is 29.4 Å². The topological polar surface area (TPSA) is 41.6 Å². The summed E-state index contributed by atoms with van der Waals surface area (Å²) in [5, 5.41) is 1.83. The lowest BCUT2D eigenvalue weighted by Gasteiger charge is -2.16. The van der Waals surface area contributed by atoms with Gasteiger partial charge in [-0.1, -0.05) is 6.08 Å². The van der Waals surface area contributed by atoms with E-state index in [2.05, 4.69) is 5.43 Å². The van der Waals surface area contributed by atoms with Crippen LogP contribution in [0.5, 0.6) is 0 Å². The summed E-state index contributed by atoms with van der Waals surface area (Å²) in [4.78, 5) is 11.5. The molecule has 0 aromatic rings. The van der Waals surface area contributed by atoms with Crippen LogP contribution in [0.25, 0.3) is 0 Å². The molecule has 4 nitrogen and oxygen atoms in total. The minimum absolute atomic E-state index is 0.238. The van der Waals surface area contributed by atoms with Crippen molar-refractivity contribution in [3.63, 3.8) is 0 Å². The van der Waals surface area contributed by atoms with Crippen LogP contribution in [0.2, 0.25) is 0 Å². The molecule has 2 rings (SSSR count). The molecule has 2 aliphatic rings. The molecule has 0 amide bonds. The minimum atomic E-state index is -0.238. The third-order valence-corrected chi connectivity index (χ3v) is 2.12. The molecule has 0 aliphatic carbocycles. The van der Waals surface area contributed by atoms with Crippen LogP contribution in [-0.4, -0.2) is 24.1 Å². The molecule has 0 fully saturated rings.